The summed E-state index contributed by atoms with van der Waals surface area (Å²) in [5, 5.41) is 4.07. The summed E-state index contributed by atoms with van der Waals surface area (Å²) in [5.41, 5.74) is 2.05. The van der Waals surface area contributed by atoms with Crippen LogP contribution in [-0.2, 0) is 22.4 Å². The van der Waals surface area contributed by atoms with E-state index >= 15 is 0 Å². The van der Waals surface area contributed by atoms with Gasteiger partial charge < -0.3 is 9.80 Å². The lowest BCUT2D eigenvalue weighted by Gasteiger charge is -2.42. The third-order valence-corrected chi connectivity index (χ3v) is 8.65. The van der Waals surface area contributed by atoms with Gasteiger partial charge in [-0.3, -0.25) is 14.5 Å². The molecule has 178 valence electrons. The van der Waals surface area contributed by atoms with Gasteiger partial charge in [-0.1, -0.05) is 18.2 Å². The van der Waals surface area contributed by atoms with E-state index in [1.807, 2.05) is 40.3 Å². The van der Waals surface area contributed by atoms with Crippen molar-refractivity contribution in [3.8, 4) is 0 Å². The van der Waals surface area contributed by atoms with Crippen LogP contribution in [0, 0.1) is 5.82 Å². The minimum atomic E-state index is -0.261. The summed E-state index contributed by atoms with van der Waals surface area (Å²) in [7, 11) is 0. The molecule has 0 radical (unpaired) electrons. The number of hydrogen-bond donors (Lipinski definition) is 0. The Kier molecular flexibility index (Phi) is 6.81. The van der Waals surface area contributed by atoms with Gasteiger partial charge in [0.1, 0.15) is 5.82 Å². The quantitative estimate of drug-likeness (QED) is 0.531. The highest BCUT2D eigenvalue weighted by molar-refractivity contribution is 7.10. The summed E-state index contributed by atoms with van der Waals surface area (Å²) < 4.78 is 14.0. The van der Waals surface area contributed by atoms with Crippen LogP contribution in [0.15, 0.2) is 53.2 Å². The van der Waals surface area contributed by atoms with Gasteiger partial charge in [-0.2, -0.15) is 0 Å². The molecule has 2 aliphatic heterocycles. The van der Waals surface area contributed by atoms with E-state index in [-0.39, 0.29) is 36.3 Å². The Morgan fingerprint density at radius 1 is 1.03 bits per heavy atom. The topological polar surface area (TPSA) is 43.9 Å². The van der Waals surface area contributed by atoms with Crippen molar-refractivity contribution in [3.63, 3.8) is 0 Å². The number of piperazine rings is 1. The number of rotatable bonds is 5. The Morgan fingerprint density at radius 2 is 1.91 bits per heavy atom. The van der Waals surface area contributed by atoms with Crippen LogP contribution in [0.25, 0.3) is 0 Å². The lowest BCUT2D eigenvalue weighted by Crippen LogP contribution is -2.57. The summed E-state index contributed by atoms with van der Waals surface area (Å²) in [5.74, 6) is -0.0742. The van der Waals surface area contributed by atoms with E-state index in [4.69, 9.17) is 0 Å². The maximum Gasteiger partial charge on any atom is 0.236 e. The molecule has 0 spiro atoms. The Labute approximate surface area is 207 Å². The van der Waals surface area contributed by atoms with Crippen LogP contribution in [0.2, 0.25) is 0 Å². The van der Waals surface area contributed by atoms with Gasteiger partial charge in [-0.05, 0) is 59.5 Å². The predicted octanol–water partition coefficient (Wildman–Crippen LogP) is 4.20. The second kappa shape index (κ2) is 9.98. The van der Waals surface area contributed by atoms with E-state index in [1.165, 1.54) is 16.5 Å². The first-order valence-corrected chi connectivity index (χ1v) is 13.4. The van der Waals surface area contributed by atoms with E-state index in [9.17, 15) is 14.0 Å². The van der Waals surface area contributed by atoms with Gasteiger partial charge in [0, 0.05) is 42.0 Å². The van der Waals surface area contributed by atoms with Crippen LogP contribution in [-0.4, -0.2) is 65.3 Å². The van der Waals surface area contributed by atoms with Crippen LogP contribution in [0.4, 0.5) is 4.39 Å². The van der Waals surface area contributed by atoms with Crippen molar-refractivity contribution in [2.45, 2.75) is 31.8 Å². The molecular formula is C26H28FN3O2S2. The van der Waals surface area contributed by atoms with E-state index < -0.39 is 0 Å². The molecule has 2 aliphatic rings. The third kappa shape index (κ3) is 4.80. The fourth-order valence-electron chi connectivity index (χ4n) is 5.10. The van der Waals surface area contributed by atoms with Gasteiger partial charge in [-0.25, -0.2) is 4.39 Å². The monoisotopic (exact) mass is 497 g/mol. The number of benzene rings is 1. The number of halogens is 1. The van der Waals surface area contributed by atoms with E-state index in [0.29, 0.717) is 26.1 Å². The fourth-order valence-corrected chi connectivity index (χ4v) is 6.70. The molecule has 5 nitrogen and oxygen atoms in total. The van der Waals surface area contributed by atoms with E-state index in [1.54, 1.807) is 34.8 Å². The molecule has 0 N–H and O–H groups in total. The molecule has 5 rings (SSSR count). The number of amides is 2. The molecule has 2 aromatic heterocycles. The number of nitrogens with zero attached hydrogens (tertiary/aromatic N) is 3. The van der Waals surface area contributed by atoms with Crippen molar-refractivity contribution in [1.29, 1.82) is 0 Å². The Morgan fingerprint density at radius 3 is 2.68 bits per heavy atom. The van der Waals surface area contributed by atoms with Gasteiger partial charge >= 0.3 is 0 Å². The number of carbonyl (C=O) groups is 2. The predicted molar refractivity (Wildman–Crippen MR) is 134 cm³/mol. The normalized spacial score (nSPS) is 20.9. The van der Waals surface area contributed by atoms with Gasteiger partial charge in [0.15, 0.2) is 0 Å². The molecule has 1 aromatic carbocycles. The molecule has 2 atom stereocenters. The summed E-state index contributed by atoms with van der Waals surface area (Å²) in [6, 6.07) is 12.6. The average molecular weight is 498 g/mol. The first-order chi connectivity index (χ1) is 16.5. The molecule has 8 heteroatoms. The molecule has 3 aromatic rings. The highest BCUT2D eigenvalue weighted by Crippen LogP contribution is 2.37. The third-order valence-electron chi connectivity index (χ3n) is 6.77. The highest BCUT2D eigenvalue weighted by Gasteiger charge is 2.34. The number of carbonyl (C=O) groups excluding carboxylic acids is 2. The Hall–Kier alpha value is -2.55. The minimum absolute atomic E-state index is 0.0194. The second-order valence-corrected chi connectivity index (χ2v) is 11.0. The van der Waals surface area contributed by atoms with Gasteiger partial charge in [0.2, 0.25) is 11.8 Å². The van der Waals surface area contributed by atoms with Gasteiger partial charge in [-0.15, -0.1) is 22.7 Å². The standard InChI is InChI=1S/C26H28FN3O2S2/c1-18-16-28(10-11-30(18)24(31)15-21-6-3-12-33-21)25(32)17-29-9-7-23-22(8-13-34-23)26(29)19-4-2-5-20(27)14-19/h2-6,8,12-14,18,26H,7,9-11,15-17H2,1H3. The zero-order valence-corrected chi connectivity index (χ0v) is 20.8. The summed E-state index contributed by atoms with van der Waals surface area (Å²) in [6.07, 6.45) is 1.31. The molecule has 2 amide bonds. The first kappa shape index (κ1) is 23.2. The van der Waals surface area contributed by atoms with Gasteiger partial charge in [0.25, 0.3) is 0 Å². The maximum absolute atomic E-state index is 14.0. The fraction of sp³-hybridized carbons (Fsp3) is 0.385. The molecule has 0 bridgehead atoms. The van der Waals surface area contributed by atoms with Crippen LogP contribution in [0.5, 0.6) is 0 Å². The molecular weight excluding hydrogens is 469 g/mol. The number of thiophene rings is 2. The zero-order chi connectivity index (χ0) is 23.7. The summed E-state index contributed by atoms with van der Waals surface area (Å²) in [4.78, 5) is 34.5. The summed E-state index contributed by atoms with van der Waals surface area (Å²) >= 11 is 3.32. The van der Waals surface area contributed by atoms with Crippen LogP contribution < -0.4 is 0 Å². The van der Waals surface area contributed by atoms with Gasteiger partial charge in [0.05, 0.1) is 19.0 Å². The first-order valence-electron chi connectivity index (χ1n) is 11.6. The zero-order valence-electron chi connectivity index (χ0n) is 19.2. The van der Waals surface area contributed by atoms with Crippen LogP contribution >= 0.6 is 22.7 Å². The lowest BCUT2D eigenvalue weighted by molar-refractivity contribution is -0.143. The highest BCUT2D eigenvalue weighted by atomic mass is 32.1. The molecule has 0 aliphatic carbocycles. The number of fused-ring (bicyclic) bond motifs is 1. The largest absolute Gasteiger partial charge is 0.338 e. The van der Waals surface area contributed by atoms with E-state index in [0.717, 1.165) is 23.4 Å². The average Bonchev–Trinajstić information content (AvgIpc) is 3.50. The lowest BCUT2D eigenvalue weighted by atomic mass is 9.93. The van der Waals surface area contributed by atoms with Crippen molar-refractivity contribution in [1.82, 2.24) is 14.7 Å². The summed E-state index contributed by atoms with van der Waals surface area (Å²) in [6.45, 7) is 4.69. The molecule has 1 saturated heterocycles. The Bertz CT molecular complexity index is 1160. The molecule has 4 heterocycles. The van der Waals surface area contributed by atoms with E-state index in [2.05, 4.69) is 16.3 Å². The van der Waals surface area contributed by atoms with Crippen LogP contribution in [0.3, 0.4) is 0 Å². The van der Waals surface area contributed by atoms with Crippen LogP contribution in [0.1, 0.15) is 33.8 Å². The van der Waals surface area contributed by atoms with Crippen molar-refractivity contribution in [2.24, 2.45) is 0 Å². The maximum atomic E-state index is 14.0. The second-order valence-electron chi connectivity index (χ2n) is 9.01. The smallest absolute Gasteiger partial charge is 0.236 e. The SMILES string of the molecule is CC1CN(C(=O)CN2CCc3sccc3C2c2cccc(F)c2)CCN1C(=O)Cc1cccs1. The van der Waals surface area contributed by atoms with Crippen molar-refractivity contribution in [3.05, 3.63) is 79.9 Å². The Balaban J connectivity index is 1.26. The number of hydrogen-bond acceptors (Lipinski definition) is 5. The minimum Gasteiger partial charge on any atom is -0.338 e. The van der Waals surface area contributed by atoms with Crippen molar-refractivity contribution >= 4 is 34.5 Å². The molecule has 1 fully saturated rings. The molecule has 2 unspecified atom stereocenters. The molecule has 34 heavy (non-hydrogen) atoms. The molecule has 0 saturated carbocycles. The van der Waals surface area contributed by atoms with Crippen molar-refractivity contribution in [2.75, 3.05) is 32.7 Å². The van der Waals surface area contributed by atoms with Crippen molar-refractivity contribution < 1.29 is 14.0 Å².